The Balaban J connectivity index is 1.75. The van der Waals surface area contributed by atoms with Gasteiger partial charge >= 0.3 is 0 Å². The molecule has 0 aliphatic heterocycles. The van der Waals surface area contributed by atoms with Gasteiger partial charge in [0.1, 0.15) is 11.0 Å². The molecule has 0 saturated heterocycles. The second-order valence-corrected chi connectivity index (χ2v) is 8.28. The van der Waals surface area contributed by atoms with Crippen LogP contribution in [0.1, 0.15) is 82.3 Å². The lowest BCUT2D eigenvalue weighted by atomic mass is 9.69. The lowest BCUT2D eigenvalue weighted by Crippen LogP contribution is -2.26. The number of hydrogen-bond acceptors (Lipinski definition) is 2. The maximum absolute atomic E-state index is 6.42. The molecule has 3 rings (SSSR count). The summed E-state index contributed by atoms with van der Waals surface area (Å²) < 4.78 is 0. The van der Waals surface area contributed by atoms with E-state index in [4.69, 9.17) is 16.6 Å². The molecule has 1 fully saturated rings. The van der Waals surface area contributed by atoms with Crippen LogP contribution >= 0.6 is 11.6 Å². The lowest BCUT2D eigenvalue weighted by molar-refractivity contribution is 0.167. The summed E-state index contributed by atoms with van der Waals surface area (Å²) in [5.74, 6) is 2.38. The zero-order valence-corrected chi connectivity index (χ0v) is 14.3. The SMILES string of the molecule is CC(C)(C)C1CCC(c2nc(Cl)c3c(n2)CCCC3)CC1. The monoisotopic (exact) mass is 306 g/mol. The zero-order valence-electron chi connectivity index (χ0n) is 13.6. The van der Waals surface area contributed by atoms with E-state index in [1.165, 1.54) is 49.8 Å². The highest BCUT2D eigenvalue weighted by Gasteiger charge is 2.31. The van der Waals surface area contributed by atoms with Gasteiger partial charge in [-0.05, 0) is 62.7 Å². The quantitative estimate of drug-likeness (QED) is 0.655. The highest BCUT2D eigenvalue weighted by Crippen LogP contribution is 2.43. The number of nitrogens with zero attached hydrogens (tertiary/aromatic N) is 2. The number of rotatable bonds is 1. The van der Waals surface area contributed by atoms with Crippen LogP contribution in [-0.2, 0) is 12.8 Å². The number of aromatic nitrogens is 2. The summed E-state index contributed by atoms with van der Waals surface area (Å²) in [5, 5.41) is 0.729. The van der Waals surface area contributed by atoms with Crippen molar-refractivity contribution in [1.82, 2.24) is 9.97 Å². The van der Waals surface area contributed by atoms with E-state index >= 15 is 0 Å². The molecule has 1 aromatic heterocycles. The minimum Gasteiger partial charge on any atom is -0.237 e. The van der Waals surface area contributed by atoms with Crippen molar-refractivity contribution < 1.29 is 0 Å². The van der Waals surface area contributed by atoms with E-state index in [1.54, 1.807) is 0 Å². The minimum atomic E-state index is 0.430. The molecule has 0 unspecified atom stereocenters. The number of aryl methyl sites for hydroxylation is 1. The average molecular weight is 307 g/mol. The summed E-state index contributed by atoms with van der Waals surface area (Å²) in [6.07, 6.45) is 9.66. The molecule has 1 aromatic rings. The van der Waals surface area contributed by atoms with Gasteiger partial charge in [-0.1, -0.05) is 32.4 Å². The zero-order chi connectivity index (χ0) is 15.0. The number of halogens is 1. The Morgan fingerprint density at radius 1 is 0.952 bits per heavy atom. The first-order chi connectivity index (χ1) is 9.95. The van der Waals surface area contributed by atoms with E-state index in [-0.39, 0.29) is 0 Å². The van der Waals surface area contributed by atoms with Crippen molar-refractivity contribution in [3.63, 3.8) is 0 Å². The van der Waals surface area contributed by atoms with Crippen LogP contribution < -0.4 is 0 Å². The van der Waals surface area contributed by atoms with Crippen molar-refractivity contribution in [2.75, 3.05) is 0 Å². The fourth-order valence-electron chi connectivity index (χ4n) is 3.97. The highest BCUT2D eigenvalue weighted by molar-refractivity contribution is 6.30. The Bertz CT molecular complexity index is 511. The summed E-state index contributed by atoms with van der Waals surface area (Å²) in [4.78, 5) is 9.54. The summed E-state index contributed by atoms with van der Waals surface area (Å²) in [7, 11) is 0. The Morgan fingerprint density at radius 3 is 2.29 bits per heavy atom. The normalized spacial score (nSPS) is 26.5. The molecule has 21 heavy (non-hydrogen) atoms. The summed E-state index contributed by atoms with van der Waals surface area (Å²) in [5.41, 5.74) is 2.88. The third-order valence-corrected chi connectivity index (χ3v) is 5.78. The Morgan fingerprint density at radius 2 is 1.62 bits per heavy atom. The molecule has 2 aliphatic carbocycles. The van der Waals surface area contributed by atoms with Crippen LogP contribution in [0.3, 0.4) is 0 Å². The van der Waals surface area contributed by atoms with E-state index in [1.807, 2.05) is 0 Å². The second kappa shape index (κ2) is 5.87. The molecule has 3 heteroatoms. The third kappa shape index (κ3) is 3.26. The smallest absolute Gasteiger partial charge is 0.136 e. The van der Waals surface area contributed by atoms with E-state index < -0.39 is 0 Å². The van der Waals surface area contributed by atoms with Crippen LogP contribution in [0.4, 0.5) is 0 Å². The Labute approximate surface area is 133 Å². The fraction of sp³-hybridized carbons (Fsp3) is 0.778. The fourth-order valence-corrected chi connectivity index (χ4v) is 4.26. The van der Waals surface area contributed by atoms with E-state index in [2.05, 4.69) is 25.8 Å². The molecule has 0 bridgehead atoms. The number of fused-ring (bicyclic) bond motifs is 1. The van der Waals surface area contributed by atoms with E-state index in [9.17, 15) is 0 Å². The second-order valence-electron chi connectivity index (χ2n) is 7.92. The van der Waals surface area contributed by atoms with Crippen LogP contribution in [0.2, 0.25) is 5.15 Å². The Hall–Kier alpha value is -0.630. The molecular formula is C18H27ClN2. The van der Waals surface area contributed by atoms with Gasteiger partial charge < -0.3 is 0 Å². The molecule has 0 amide bonds. The van der Waals surface area contributed by atoms with Gasteiger partial charge in [-0.3, -0.25) is 0 Å². The van der Waals surface area contributed by atoms with Crippen LogP contribution in [0.5, 0.6) is 0 Å². The lowest BCUT2D eigenvalue weighted by Gasteiger charge is -2.36. The van der Waals surface area contributed by atoms with Crippen LogP contribution in [0.25, 0.3) is 0 Å². The molecule has 2 aliphatic rings. The van der Waals surface area contributed by atoms with Gasteiger partial charge in [-0.25, -0.2) is 9.97 Å². The summed E-state index contributed by atoms with van der Waals surface area (Å²) in [6.45, 7) is 7.10. The molecule has 1 heterocycles. The maximum atomic E-state index is 6.42. The first-order valence-corrected chi connectivity index (χ1v) is 8.88. The molecular weight excluding hydrogens is 280 g/mol. The molecule has 0 atom stereocenters. The van der Waals surface area contributed by atoms with Gasteiger partial charge in [0.2, 0.25) is 0 Å². The molecule has 0 aromatic carbocycles. The molecule has 116 valence electrons. The average Bonchev–Trinajstić information content (AvgIpc) is 2.46. The van der Waals surface area contributed by atoms with Gasteiger partial charge in [-0.2, -0.15) is 0 Å². The van der Waals surface area contributed by atoms with Crippen molar-refractivity contribution in [3.8, 4) is 0 Å². The van der Waals surface area contributed by atoms with Gasteiger partial charge in [0, 0.05) is 17.2 Å². The first kappa shape index (κ1) is 15.3. The minimum absolute atomic E-state index is 0.430. The van der Waals surface area contributed by atoms with Crippen LogP contribution in [-0.4, -0.2) is 9.97 Å². The van der Waals surface area contributed by atoms with Gasteiger partial charge in [0.15, 0.2) is 0 Å². The predicted octanol–water partition coefficient (Wildman–Crippen LogP) is 5.33. The standard InChI is InChI=1S/C18H27ClN2/c1-18(2,3)13-10-8-12(9-11-13)17-20-15-7-5-4-6-14(15)16(19)21-17/h12-13H,4-11H2,1-3H3. The number of hydrogen-bond donors (Lipinski definition) is 0. The maximum Gasteiger partial charge on any atom is 0.136 e. The Kier molecular flexibility index (Phi) is 4.27. The van der Waals surface area contributed by atoms with Crippen molar-refractivity contribution >= 4 is 11.6 Å². The molecule has 2 nitrogen and oxygen atoms in total. The predicted molar refractivity (Wildman–Crippen MR) is 87.8 cm³/mol. The van der Waals surface area contributed by atoms with E-state index in [0.29, 0.717) is 11.3 Å². The van der Waals surface area contributed by atoms with Crippen molar-refractivity contribution in [1.29, 1.82) is 0 Å². The molecule has 1 saturated carbocycles. The molecule has 0 N–H and O–H groups in total. The largest absolute Gasteiger partial charge is 0.237 e. The van der Waals surface area contributed by atoms with Gasteiger partial charge in [0.05, 0.1) is 0 Å². The third-order valence-electron chi connectivity index (χ3n) is 5.47. The van der Waals surface area contributed by atoms with Gasteiger partial charge in [-0.15, -0.1) is 0 Å². The summed E-state index contributed by atoms with van der Waals surface area (Å²) in [6, 6.07) is 0. The summed E-state index contributed by atoms with van der Waals surface area (Å²) >= 11 is 6.42. The topological polar surface area (TPSA) is 25.8 Å². The highest BCUT2D eigenvalue weighted by atomic mass is 35.5. The van der Waals surface area contributed by atoms with Crippen molar-refractivity contribution in [3.05, 3.63) is 22.2 Å². The van der Waals surface area contributed by atoms with Crippen LogP contribution in [0, 0.1) is 11.3 Å². The van der Waals surface area contributed by atoms with Crippen molar-refractivity contribution in [2.45, 2.75) is 78.1 Å². The first-order valence-electron chi connectivity index (χ1n) is 8.50. The van der Waals surface area contributed by atoms with E-state index in [0.717, 1.165) is 29.7 Å². The van der Waals surface area contributed by atoms with Crippen molar-refractivity contribution in [2.24, 2.45) is 11.3 Å². The molecule has 0 spiro atoms. The van der Waals surface area contributed by atoms with Crippen LogP contribution in [0.15, 0.2) is 0 Å². The molecule has 0 radical (unpaired) electrons. The van der Waals surface area contributed by atoms with Gasteiger partial charge in [0.25, 0.3) is 0 Å².